The van der Waals surface area contributed by atoms with Gasteiger partial charge in [0.05, 0.1) is 0 Å². The van der Waals surface area contributed by atoms with E-state index in [9.17, 15) is 4.79 Å². The van der Waals surface area contributed by atoms with Gasteiger partial charge in [-0.15, -0.1) is 0 Å². The van der Waals surface area contributed by atoms with Gasteiger partial charge in [0.1, 0.15) is 5.03 Å². The number of rotatable bonds is 3. The fraction of sp³-hybridized carbons (Fsp3) is 0.143. The van der Waals surface area contributed by atoms with Crippen LogP contribution in [0.5, 0.6) is 0 Å². The second kappa shape index (κ2) is 5.64. The molecule has 0 atom stereocenters. The second-order valence-corrected chi connectivity index (χ2v) is 4.60. The molecule has 1 heterocycles. The molecule has 0 saturated carbocycles. The van der Waals surface area contributed by atoms with Gasteiger partial charge in [-0.05, 0) is 35.9 Å². The van der Waals surface area contributed by atoms with E-state index in [1.165, 1.54) is 5.56 Å². The Balaban J connectivity index is 2.09. The first-order valence-corrected chi connectivity index (χ1v) is 6.33. The van der Waals surface area contributed by atoms with Crippen LogP contribution in [-0.2, 0) is 6.42 Å². The smallest absolute Gasteiger partial charge is 0.225 e. The minimum Gasteiger partial charge on any atom is -0.281 e. The highest BCUT2D eigenvalue weighted by molar-refractivity contribution is 8.14. The van der Waals surface area contributed by atoms with E-state index in [0.29, 0.717) is 0 Å². The summed E-state index contributed by atoms with van der Waals surface area (Å²) in [5.74, 6) is 0. The average Bonchev–Trinajstić information content (AvgIpc) is 2.40. The number of pyridine rings is 1. The Hall–Kier alpha value is -1.61. The molecular formula is C14H13NOS. The van der Waals surface area contributed by atoms with E-state index in [1.54, 1.807) is 6.20 Å². The summed E-state index contributed by atoms with van der Waals surface area (Å²) >= 11 is 1.16. The lowest BCUT2D eigenvalue weighted by Gasteiger charge is -2.01. The summed E-state index contributed by atoms with van der Waals surface area (Å²) in [5, 5.41) is 0.767. The van der Waals surface area contributed by atoms with E-state index in [1.807, 2.05) is 42.5 Å². The Morgan fingerprint density at radius 1 is 1.18 bits per heavy atom. The minimum atomic E-state index is 0.0337. The van der Waals surface area contributed by atoms with Gasteiger partial charge < -0.3 is 0 Å². The van der Waals surface area contributed by atoms with Gasteiger partial charge >= 0.3 is 0 Å². The molecule has 0 unspecified atom stereocenters. The van der Waals surface area contributed by atoms with Gasteiger partial charge in [0, 0.05) is 11.8 Å². The third kappa shape index (κ3) is 3.17. The second-order valence-electron chi connectivity index (χ2n) is 3.61. The van der Waals surface area contributed by atoms with Crippen LogP contribution in [0.4, 0.5) is 0 Å². The summed E-state index contributed by atoms with van der Waals surface area (Å²) in [6.07, 6.45) is 2.68. The van der Waals surface area contributed by atoms with Crippen LogP contribution in [0.25, 0.3) is 0 Å². The molecule has 0 bridgehead atoms. The van der Waals surface area contributed by atoms with Gasteiger partial charge in [-0.1, -0.05) is 37.3 Å². The standard InChI is InChI=1S/C14H13NOS/c1-2-11-6-8-12(9-7-11)14(16)17-13-5-3-4-10-15-13/h3-10H,2H2,1H3. The summed E-state index contributed by atoms with van der Waals surface area (Å²) in [5.41, 5.74) is 1.96. The summed E-state index contributed by atoms with van der Waals surface area (Å²) in [7, 11) is 0. The third-order valence-corrected chi connectivity index (χ3v) is 3.30. The first kappa shape index (κ1) is 11.9. The van der Waals surface area contributed by atoms with Crippen LogP contribution in [0.3, 0.4) is 0 Å². The molecule has 0 spiro atoms. The Bertz CT molecular complexity index is 493. The molecule has 2 rings (SSSR count). The fourth-order valence-corrected chi connectivity index (χ4v) is 2.14. The van der Waals surface area contributed by atoms with Gasteiger partial charge in [-0.3, -0.25) is 4.79 Å². The lowest BCUT2D eigenvalue weighted by atomic mass is 10.1. The number of hydrogen-bond donors (Lipinski definition) is 0. The van der Waals surface area contributed by atoms with Crippen molar-refractivity contribution in [1.82, 2.24) is 4.98 Å². The molecule has 17 heavy (non-hydrogen) atoms. The highest BCUT2D eigenvalue weighted by atomic mass is 32.2. The maximum Gasteiger partial charge on any atom is 0.225 e. The number of benzene rings is 1. The van der Waals surface area contributed by atoms with Crippen LogP contribution in [0, 0.1) is 0 Å². The summed E-state index contributed by atoms with van der Waals surface area (Å²) in [6.45, 7) is 2.10. The van der Waals surface area contributed by atoms with Crippen molar-refractivity contribution in [3.63, 3.8) is 0 Å². The zero-order valence-corrected chi connectivity index (χ0v) is 10.4. The lowest BCUT2D eigenvalue weighted by molar-refractivity contribution is 0.108. The highest BCUT2D eigenvalue weighted by Gasteiger charge is 2.08. The number of aromatic nitrogens is 1. The molecule has 2 nitrogen and oxygen atoms in total. The molecule has 0 N–H and O–H groups in total. The van der Waals surface area contributed by atoms with Crippen molar-refractivity contribution in [2.24, 2.45) is 0 Å². The summed E-state index contributed by atoms with van der Waals surface area (Å²) in [6, 6.07) is 13.3. The van der Waals surface area contributed by atoms with Crippen LogP contribution in [0.15, 0.2) is 53.7 Å². The zero-order valence-electron chi connectivity index (χ0n) is 9.59. The number of hydrogen-bond acceptors (Lipinski definition) is 3. The van der Waals surface area contributed by atoms with E-state index < -0.39 is 0 Å². The Morgan fingerprint density at radius 2 is 1.94 bits per heavy atom. The number of aryl methyl sites for hydroxylation is 1. The normalized spacial score (nSPS) is 10.2. The van der Waals surface area contributed by atoms with Gasteiger partial charge in [0.25, 0.3) is 0 Å². The predicted molar refractivity (Wildman–Crippen MR) is 70.2 cm³/mol. The maximum atomic E-state index is 11.9. The quantitative estimate of drug-likeness (QED) is 0.772. The van der Waals surface area contributed by atoms with Crippen molar-refractivity contribution in [2.45, 2.75) is 18.4 Å². The molecule has 0 radical (unpaired) electrons. The molecule has 0 fully saturated rings. The van der Waals surface area contributed by atoms with Crippen LogP contribution in [-0.4, -0.2) is 10.1 Å². The predicted octanol–water partition coefficient (Wildman–Crippen LogP) is 3.58. The number of carbonyl (C=O) groups excluding carboxylic acids is 1. The van der Waals surface area contributed by atoms with Crippen molar-refractivity contribution in [2.75, 3.05) is 0 Å². The van der Waals surface area contributed by atoms with Crippen molar-refractivity contribution < 1.29 is 4.79 Å². The number of thioether (sulfide) groups is 1. The van der Waals surface area contributed by atoms with E-state index in [-0.39, 0.29) is 5.12 Å². The van der Waals surface area contributed by atoms with Gasteiger partial charge in [-0.25, -0.2) is 4.98 Å². The molecule has 0 amide bonds. The van der Waals surface area contributed by atoms with Crippen LogP contribution < -0.4 is 0 Å². The Labute approximate surface area is 105 Å². The molecule has 3 heteroatoms. The Kier molecular flexibility index (Phi) is 3.94. The van der Waals surface area contributed by atoms with Crippen molar-refractivity contribution in [3.8, 4) is 0 Å². The first-order chi connectivity index (χ1) is 8.29. The van der Waals surface area contributed by atoms with Crippen LogP contribution in [0.2, 0.25) is 0 Å². The summed E-state index contributed by atoms with van der Waals surface area (Å²) in [4.78, 5) is 16.1. The van der Waals surface area contributed by atoms with E-state index in [4.69, 9.17) is 0 Å². The van der Waals surface area contributed by atoms with Crippen LogP contribution in [0.1, 0.15) is 22.8 Å². The number of carbonyl (C=O) groups is 1. The van der Waals surface area contributed by atoms with Crippen molar-refractivity contribution in [3.05, 3.63) is 59.8 Å². The van der Waals surface area contributed by atoms with E-state index >= 15 is 0 Å². The molecular weight excluding hydrogens is 230 g/mol. The minimum absolute atomic E-state index is 0.0337. The molecule has 0 aliphatic carbocycles. The SMILES string of the molecule is CCc1ccc(C(=O)Sc2ccccn2)cc1. The molecule has 1 aromatic heterocycles. The molecule has 2 aromatic rings. The monoisotopic (exact) mass is 243 g/mol. The van der Waals surface area contributed by atoms with Crippen molar-refractivity contribution >= 4 is 16.9 Å². The van der Waals surface area contributed by atoms with Crippen molar-refractivity contribution in [1.29, 1.82) is 0 Å². The molecule has 86 valence electrons. The molecule has 0 aliphatic rings. The largest absolute Gasteiger partial charge is 0.281 e. The van der Waals surface area contributed by atoms with Crippen LogP contribution >= 0.6 is 11.8 Å². The van der Waals surface area contributed by atoms with Gasteiger partial charge in [0.2, 0.25) is 5.12 Å². The van der Waals surface area contributed by atoms with E-state index in [0.717, 1.165) is 28.8 Å². The highest BCUT2D eigenvalue weighted by Crippen LogP contribution is 2.20. The average molecular weight is 243 g/mol. The maximum absolute atomic E-state index is 11.9. The Morgan fingerprint density at radius 3 is 2.53 bits per heavy atom. The topological polar surface area (TPSA) is 30.0 Å². The third-order valence-electron chi connectivity index (χ3n) is 2.43. The van der Waals surface area contributed by atoms with Gasteiger partial charge in [-0.2, -0.15) is 0 Å². The fourth-order valence-electron chi connectivity index (χ4n) is 1.44. The lowest BCUT2D eigenvalue weighted by Crippen LogP contribution is -1.94. The molecule has 0 saturated heterocycles. The molecule has 1 aromatic carbocycles. The first-order valence-electron chi connectivity index (χ1n) is 5.51. The number of nitrogens with zero attached hydrogens (tertiary/aromatic N) is 1. The molecule has 0 aliphatic heterocycles. The van der Waals surface area contributed by atoms with Gasteiger partial charge in [0.15, 0.2) is 0 Å². The zero-order chi connectivity index (χ0) is 12.1. The summed E-state index contributed by atoms with van der Waals surface area (Å²) < 4.78 is 0. The van der Waals surface area contributed by atoms with E-state index in [2.05, 4.69) is 11.9 Å².